The number of nitrogens with one attached hydrogen (secondary N) is 2. The van der Waals surface area contributed by atoms with Gasteiger partial charge in [0.2, 0.25) is 5.91 Å². The van der Waals surface area contributed by atoms with Crippen LogP contribution in [0.25, 0.3) is 0 Å². The van der Waals surface area contributed by atoms with E-state index in [2.05, 4.69) is 40.7 Å². The Kier molecular flexibility index (Phi) is 9.29. The largest absolute Gasteiger partial charge is 0.493 e. The monoisotopic (exact) mass is 521 g/mol. The van der Waals surface area contributed by atoms with Crippen LogP contribution in [0, 0.1) is 5.92 Å². The zero-order chi connectivity index (χ0) is 27.1. The van der Waals surface area contributed by atoms with Gasteiger partial charge < -0.3 is 25.2 Å². The number of carbonyl (C=O) groups is 2. The summed E-state index contributed by atoms with van der Waals surface area (Å²) in [5.74, 6) is 0.0807. The summed E-state index contributed by atoms with van der Waals surface area (Å²) < 4.78 is 11.5. The number of methoxy groups -OCH3 is 1. The molecule has 8 nitrogen and oxygen atoms in total. The summed E-state index contributed by atoms with van der Waals surface area (Å²) in [6.45, 7) is 3.59. The van der Waals surface area contributed by atoms with Crippen LogP contribution in [0.2, 0.25) is 0 Å². The van der Waals surface area contributed by atoms with Crippen molar-refractivity contribution in [3.8, 4) is 11.5 Å². The molecule has 0 aliphatic heterocycles. The molecule has 1 amide bonds. The van der Waals surface area contributed by atoms with Gasteiger partial charge in [-0.25, -0.2) is 0 Å². The maximum atomic E-state index is 11.7. The van der Waals surface area contributed by atoms with E-state index in [1.807, 2.05) is 18.2 Å². The number of hydrogen-bond donors (Lipinski definition) is 3. The van der Waals surface area contributed by atoms with Crippen molar-refractivity contribution in [2.75, 3.05) is 27.3 Å². The Morgan fingerprint density at radius 1 is 1.13 bits per heavy atom. The van der Waals surface area contributed by atoms with Gasteiger partial charge in [0.05, 0.1) is 19.6 Å². The van der Waals surface area contributed by atoms with E-state index in [0.29, 0.717) is 44.0 Å². The minimum atomic E-state index is -0.705. The van der Waals surface area contributed by atoms with Crippen LogP contribution in [-0.4, -0.2) is 55.2 Å². The first kappa shape index (κ1) is 27.5. The lowest BCUT2D eigenvalue weighted by Gasteiger charge is -2.44. The SMILES string of the molecule is CN/C=C\C(=O)NCCOc1ccc(CN(C2CC(C(=O)O)C2)[C@H](C)c2ccc3c(c2)CCC3)cc1OC. The van der Waals surface area contributed by atoms with Crippen molar-refractivity contribution in [2.45, 2.75) is 57.7 Å². The maximum Gasteiger partial charge on any atom is 0.306 e. The third-order valence-electron chi connectivity index (χ3n) is 7.69. The van der Waals surface area contributed by atoms with E-state index in [1.54, 1.807) is 20.4 Å². The summed E-state index contributed by atoms with van der Waals surface area (Å²) in [5.41, 5.74) is 5.26. The molecule has 1 fully saturated rings. The van der Waals surface area contributed by atoms with E-state index >= 15 is 0 Å². The standard InChI is InChI=1S/C30H39N3O5/c1-20(23-9-8-22-5-4-6-24(22)16-23)33(26-17-25(18-26)30(35)36)19-21-7-10-27(28(15-21)37-3)38-14-13-32-29(34)11-12-31-2/h7-12,15-16,20,25-26,31H,4-6,13-14,17-19H2,1-3H3,(H,32,34)(H,35,36)/b12-11-/t20-,25?,26?/m1/s1. The molecule has 0 unspecified atom stereocenters. The number of hydrogen-bond acceptors (Lipinski definition) is 6. The van der Waals surface area contributed by atoms with Crippen molar-refractivity contribution in [1.29, 1.82) is 0 Å². The van der Waals surface area contributed by atoms with Gasteiger partial charge in [-0.3, -0.25) is 14.5 Å². The van der Waals surface area contributed by atoms with Gasteiger partial charge in [-0.1, -0.05) is 24.3 Å². The van der Waals surface area contributed by atoms with Crippen molar-refractivity contribution in [1.82, 2.24) is 15.5 Å². The van der Waals surface area contributed by atoms with E-state index in [1.165, 1.54) is 29.2 Å². The Morgan fingerprint density at radius 3 is 2.66 bits per heavy atom. The van der Waals surface area contributed by atoms with Crippen molar-refractivity contribution in [2.24, 2.45) is 5.92 Å². The fraction of sp³-hybridized carbons (Fsp3) is 0.467. The summed E-state index contributed by atoms with van der Waals surface area (Å²) >= 11 is 0. The van der Waals surface area contributed by atoms with Crippen LogP contribution in [0.3, 0.4) is 0 Å². The van der Waals surface area contributed by atoms with Gasteiger partial charge in [0, 0.05) is 38.0 Å². The second-order valence-corrected chi connectivity index (χ2v) is 10.1. The summed E-state index contributed by atoms with van der Waals surface area (Å²) in [7, 11) is 3.35. The lowest BCUT2D eigenvalue weighted by molar-refractivity contribution is -0.147. The molecule has 0 saturated heterocycles. The topological polar surface area (TPSA) is 100 Å². The molecule has 1 saturated carbocycles. The summed E-state index contributed by atoms with van der Waals surface area (Å²) in [6, 6.07) is 13.1. The Balaban J connectivity index is 1.44. The predicted molar refractivity (Wildman–Crippen MR) is 146 cm³/mol. The molecule has 204 valence electrons. The molecule has 2 aromatic rings. The number of amides is 1. The molecule has 0 heterocycles. The number of benzene rings is 2. The van der Waals surface area contributed by atoms with Gasteiger partial charge in [0.15, 0.2) is 11.5 Å². The lowest BCUT2D eigenvalue weighted by Crippen LogP contribution is -2.47. The number of ether oxygens (including phenoxy) is 2. The number of nitrogens with zero attached hydrogens (tertiary/aromatic N) is 1. The number of carboxylic acid groups (broad SMARTS) is 1. The van der Waals surface area contributed by atoms with Crippen LogP contribution < -0.4 is 20.1 Å². The van der Waals surface area contributed by atoms with E-state index in [9.17, 15) is 14.7 Å². The number of carbonyl (C=O) groups excluding carboxylic acids is 1. The van der Waals surface area contributed by atoms with Crippen molar-refractivity contribution < 1.29 is 24.2 Å². The molecule has 0 aromatic heterocycles. The van der Waals surface area contributed by atoms with Crippen LogP contribution in [0.1, 0.15) is 54.5 Å². The Morgan fingerprint density at radius 2 is 1.92 bits per heavy atom. The maximum absolute atomic E-state index is 11.7. The molecule has 8 heteroatoms. The molecule has 2 aliphatic carbocycles. The Labute approximate surface area is 225 Å². The number of carboxylic acids is 1. The quantitative estimate of drug-likeness (QED) is 0.272. The molecule has 2 aliphatic rings. The number of fused-ring (bicyclic) bond motifs is 1. The average Bonchev–Trinajstić information content (AvgIpc) is 3.36. The van der Waals surface area contributed by atoms with Gasteiger partial charge in [-0.05, 0) is 73.4 Å². The van der Waals surface area contributed by atoms with Gasteiger partial charge in [-0.15, -0.1) is 0 Å². The average molecular weight is 522 g/mol. The van der Waals surface area contributed by atoms with Crippen LogP contribution in [-0.2, 0) is 29.0 Å². The van der Waals surface area contributed by atoms with Crippen LogP contribution in [0.15, 0.2) is 48.7 Å². The normalized spacial score (nSPS) is 19.1. The third-order valence-corrected chi connectivity index (χ3v) is 7.69. The summed E-state index contributed by atoms with van der Waals surface area (Å²) in [4.78, 5) is 25.6. The molecule has 0 bridgehead atoms. The Bertz CT molecular complexity index is 1160. The molecule has 38 heavy (non-hydrogen) atoms. The minimum absolute atomic E-state index is 0.156. The number of aliphatic carboxylic acids is 1. The first-order valence-electron chi connectivity index (χ1n) is 13.4. The lowest BCUT2D eigenvalue weighted by atomic mass is 9.78. The predicted octanol–water partition coefficient (Wildman–Crippen LogP) is 3.84. The zero-order valence-corrected chi connectivity index (χ0v) is 22.5. The Hall–Kier alpha value is -3.52. The molecule has 2 aromatic carbocycles. The van der Waals surface area contributed by atoms with E-state index in [0.717, 1.165) is 18.4 Å². The van der Waals surface area contributed by atoms with Gasteiger partial charge >= 0.3 is 5.97 Å². The second-order valence-electron chi connectivity index (χ2n) is 10.1. The summed E-state index contributed by atoms with van der Waals surface area (Å²) in [6.07, 6.45) is 7.83. The van der Waals surface area contributed by atoms with Gasteiger partial charge in [-0.2, -0.15) is 0 Å². The number of aryl methyl sites for hydroxylation is 2. The first-order valence-corrected chi connectivity index (χ1v) is 13.4. The van der Waals surface area contributed by atoms with Crippen LogP contribution in [0.5, 0.6) is 11.5 Å². The molecule has 1 atom stereocenters. The van der Waals surface area contributed by atoms with Gasteiger partial charge in [0.25, 0.3) is 0 Å². The van der Waals surface area contributed by atoms with E-state index in [4.69, 9.17) is 9.47 Å². The van der Waals surface area contributed by atoms with Crippen molar-refractivity contribution >= 4 is 11.9 Å². The molecule has 4 rings (SSSR count). The molecule has 3 N–H and O–H groups in total. The highest BCUT2D eigenvalue weighted by Gasteiger charge is 2.40. The first-order chi connectivity index (χ1) is 18.4. The second kappa shape index (κ2) is 12.8. The highest BCUT2D eigenvalue weighted by molar-refractivity contribution is 5.87. The highest BCUT2D eigenvalue weighted by atomic mass is 16.5. The molecular formula is C30H39N3O5. The summed E-state index contributed by atoms with van der Waals surface area (Å²) in [5, 5.41) is 15.0. The van der Waals surface area contributed by atoms with E-state index in [-0.39, 0.29) is 23.9 Å². The van der Waals surface area contributed by atoms with Crippen molar-refractivity contribution in [3.63, 3.8) is 0 Å². The van der Waals surface area contributed by atoms with Gasteiger partial charge in [0.1, 0.15) is 6.61 Å². The van der Waals surface area contributed by atoms with Crippen LogP contribution in [0.4, 0.5) is 0 Å². The minimum Gasteiger partial charge on any atom is -0.493 e. The molecular weight excluding hydrogens is 482 g/mol. The fourth-order valence-electron chi connectivity index (χ4n) is 5.38. The molecule has 0 spiro atoms. The van der Waals surface area contributed by atoms with Crippen LogP contribution >= 0.6 is 0 Å². The number of rotatable bonds is 13. The zero-order valence-electron chi connectivity index (χ0n) is 22.5. The molecule has 0 radical (unpaired) electrons. The van der Waals surface area contributed by atoms with Crippen molar-refractivity contribution in [3.05, 3.63) is 70.9 Å². The third kappa shape index (κ3) is 6.67. The fourth-order valence-corrected chi connectivity index (χ4v) is 5.38. The smallest absolute Gasteiger partial charge is 0.306 e. The highest BCUT2D eigenvalue weighted by Crippen LogP contribution is 2.39. The van der Waals surface area contributed by atoms with E-state index < -0.39 is 5.97 Å².